The molecule has 1 aliphatic heterocycles. The van der Waals surface area contributed by atoms with E-state index in [-0.39, 0.29) is 11.5 Å². The number of carboxylic acid groups (broad SMARTS) is 1. The Balaban J connectivity index is 1.85. The number of rotatable bonds is 3. The number of carboxylic acids is 1. The summed E-state index contributed by atoms with van der Waals surface area (Å²) in [6.07, 6.45) is 1.48. The number of carbonyl (C=O) groups is 2. The SMILES string of the molecule is CN1C(=O)/C(=N/N=C\c2ccc(C(=O)O)cc2)c2ccccc21. The van der Waals surface area contributed by atoms with Gasteiger partial charge in [-0.1, -0.05) is 30.3 Å². The van der Waals surface area contributed by atoms with Gasteiger partial charge in [-0.05, 0) is 23.8 Å². The predicted octanol–water partition coefficient (Wildman–Crippen LogP) is 2.18. The minimum Gasteiger partial charge on any atom is -0.478 e. The van der Waals surface area contributed by atoms with E-state index in [4.69, 9.17) is 5.11 Å². The summed E-state index contributed by atoms with van der Waals surface area (Å²) in [6, 6.07) is 13.6. The van der Waals surface area contributed by atoms with Gasteiger partial charge in [-0.15, -0.1) is 5.10 Å². The minimum atomic E-state index is -0.982. The molecule has 0 aromatic heterocycles. The Morgan fingerprint density at radius 1 is 1.13 bits per heavy atom. The standard InChI is InChI=1S/C17H13N3O3/c1-20-14-5-3-2-4-13(14)15(16(20)21)19-18-10-11-6-8-12(9-7-11)17(22)23/h2-10H,1H3,(H,22,23)/b18-10-,19-15+. The van der Waals surface area contributed by atoms with Crippen molar-refractivity contribution >= 4 is 29.5 Å². The van der Waals surface area contributed by atoms with Gasteiger partial charge in [0.25, 0.3) is 5.91 Å². The number of aromatic carboxylic acids is 1. The first-order valence-electron chi connectivity index (χ1n) is 6.90. The van der Waals surface area contributed by atoms with Crippen LogP contribution < -0.4 is 4.90 Å². The molecule has 1 aliphatic rings. The fourth-order valence-corrected chi connectivity index (χ4v) is 2.31. The van der Waals surface area contributed by atoms with Gasteiger partial charge in [-0.3, -0.25) is 4.79 Å². The maximum absolute atomic E-state index is 12.2. The van der Waals surface area contributed by atoms with E-state index in [1.165, 1.54) is 23.2 Å². The molecule has 2 aromatic carbocycles. The van der Waals surface area contributed by atoms with E-state index >= 15 is 0 Å². The van der Waals surface area contributed by atoms with E-state index in [0.717, 1.165) is 11.3 Å². The molecule has 0 saturated carbocycles. The summed E-state index contributed by atoms with van der Waals surface area (Å²) in [6.45, 7) is 0. The Morgan fingerprint density at radius 2 is 1.83 bits per heavy atom. The molecule has 114 valence electrons. The molecule has 6 heteroatoms. The fraction of sp³-hybridized carbons (Fsp3) is 0.0588. The van der Waals surface area contributed by atoms with Crippen LogP contribution in [0.3, 0.4) is 0 Å². The number of amides is 1. The molecule has 3 rings (SSSR count). The van der Waals surface area contributed by atoms with Crippen LogP contribution in [0.5, 0.6) is 0 Å². The van der Waals surface area contributed by atoms with Crippen LogP contribution in [0.15, 0.2) is 58.7 Å². The van der Waals surface area contributed by atoms with Crippen LogP contribution in [0.1, 0.15) is 21.5 Å². The largest absolute Gasteiger partial charge is 0.478 e. The van der Waals surface area contributed by atoms with Gasteiger partial charge in [0.2, 0.25) is 0 Å². The highest BCUT2D eigenvalue weighted by atomic mass is 16.4. The van der Waals surface area contributed by atoms with E-state index in [9.17, 15) is 9.59 Å². The van der Waals surface area contributed by atoms with Gasteiger partial charge in [0, 0.05) is 12.6 Å². The Bertz CT molecular complexity index is 838. The van der Waals surface area contributed by atoms with Gasteiger partial charge >= 0.3 is 5.97 Å². The minimum absolute atomic E-state index is 0.204. The van der Waals surface area contributed by atoms with Gasteiger partial charge in [0.05, 0.1) is 17.5 Å². The topological polar surface area (TPSA) is 82.3 Å². The summed E-state index contributed by atoms with van der Waals surface area (Å²) in [5.41, 5.74) is 2.75. The third kappa shape index (κ3) is 2.74. The van der Waals surface area contributed by atoms with Crippen molar-refractivity contribution in [2.45, 2.75) is 0 Å². The van der Waals surface area contributed by atoms with Crippen molar-refractivity contribution in [1.82, 2.24) is 0 Å². The molecule has 1 heterocycles. The number of benzene rings is 2. The van der Waals surface area contributed by atoms with E-state index in [2.05, 4.69) is 10.2 Å². The Labute approximate surface area is 132 Å². The lowest BCUT2D eigenvalue weighted by Crippen LogP contribution is -2.25. The van der Waals surface area contributed by atoms with Crippen molar-refractivity contribution in [2.24, 2.45) is 10.2 Å². The summed E-state index contributed by atoms with van der Waals surface area (Å²) in [7, 11) is 1.69. The predicted molar refractivity (Wildman–Crippen MR) is 87.4 cm³/mol. The molecule has 1 amide bonds. The van der Waals surface area contributed by atoms with Crippen molar-refractivity contribution in [2.75, 3.05) is 11.9 Å². The molecule has 1 N–H and O–H groups in total. The quantitative estimate of drug-likeness (QED) is 0.697. The van der Waals surface area contributed by atoms with Crippen LogP contribution in [0.25, 0.3) is 0 Å². The zero-order chi connectivity index (χ0) is 16.4. The van der Waals surface area contributed by atoms with Crippen molar-refractivity contribution in [1.29, 1.82) is 0 Å². The molecular formula is C17H13N3O3. The number of hydrogen-bond donors (Lipinski definition) is 1. The lowest BCUT2D eigenvalue weighted by atomic mass is 10.1. The molecule has 0 atom stereocenters. The first-order chi connectivity index (χ1) is 11.1. The Morgan fingerprint density at radius 3 is 2.52 bits per heavy atom. The van der Waals surface area contributed by atoms with E-state index in [0.29, 0.717) is 11.3 Å². The second-order valence-electron chi connectivity index (χ2n) is 5.00. The smallest absolute Gasteiger partial charge is 0.335 e. The zero-order valence-electron chi connectivity index (χ0n) is 12.3. The van der Waals surface area contributed by atoms with Crippen molar-refractivity contribution in [3.63, 3.8) is 0 Å². The van der Waals surface area contributed by atoms with Crippen molar-refractivity contribution in [3.05, 3.63) is 65.2 Å². The highest BCUT2D eigenvalue weighted by Crippen LogP contribution is 2.27. The van der Waals surface area contributed by atoms with Crippen LogP contribution in [0, 0.1) is 0 Å². The number of fused-ring (bicyclic) bond motifs is 1. The second kappa shape index (κ2) is 5.84. The number of carbonyl (C=O) groups excluding carboxylic acids is 1. The Kier molecular flexibility index (Phi) is 3.72. The average Bonchev–Trinajstić information content (AvgIpc) is 2.81. The van der Waals surface area contributed by atoms with Gasteiger partial charge < -0.3 is 10.0 Å². The number of nitrogens with zero attached hydrogens (tertiary/aromatic N) is 3. The summed E-state index contributed by atoms with van der Waals surface area (Å²) >= 11 is 0. The summed E-state index contributed by atoms with van der Waals surface area (Å²) in [4.78, 5) is 24.5. The molecule has 0 radical (unpaired) electrons. The van der Waals surface area contributed by atoms with Gasteiger partial charge in [-0.2, -0.15) is 5.10 Å². The van der Waals surface area contributed by atoms with E-state index in [1.54, 1.807) is 19.2 Å². The maximum atomic E-state index is 12.2. The Hall–Kier alpha value is -3.28. The molecule has 6 nitrogen and oxygen atoms in total. The summed E-state index contributed by atoms with van der Waals surface area (Å²) in [5, 5.41) is 16.8. The monoisotopic (exact) mass is 307 g/mol. The van der Waals surface area contributed by atoms with Crippen LogP contribution in [0.2, 0.25) is 0 Å². The summed E-state index contributed by atoms with van der Waals surface area (Å²) < 4.78 is 0. The number of likely N-dealkylation sites (N-methyl/N-ethyl adjacent to an activating group) is 1. The van der Waals surface area contributed by atoms with Crippen molar-refractivity contribution < 1.29 is 14.7 Å². The van der Waals surface area contributed by atoms with Crippen LogP contribution in [0.4, 0.5) is 5.69 Å². The van der Waals surface area contributed by atoms with Gasteiger partial charge in [0.15, 0.2) is 5.71 Å². The third-order valence-corrected chi connectivity index (χ3v) is 3.55. The molecule has 2 aromatic rings. The lowest BCUT2D eigenvalue weighted by Gasteiger charge is -2.07. The number of anilines is 1. The molecule has 0 aliphatic carbocycles. The normalized spacial score (nSPS) is 15.4. The van der Waals surface area contributed by atoms with Crippen LogP contribution >= 0.6 is 0 Å². The maximum Gasteiger partial charge on any atom is 0.335 e. The molecular weight excluding hydrogens is 294 g/mol. The third-order valence-electron chi connectivity index (χ3n) is 3.55. The van der Waals surface area contributed by atoms with E-state index < -0.39 is 5.97 Å². The van der Waals surface area contributed by atoms with Gasteiger partial charge in [0.1, 0.15) is 0 Å². The second-order valence-corrected chi connectivity index (χ2v) is 5.00. The molecule has 0 fully saturated rings. The average molecular weight is 307 g/mol. The highest BCUT2D eigenvalue weighted by molar-refractivity contribution is 6.54. The fourth-order valence-electron chi connectivity index (χ4n) is 2.31. The molecule has 0 unspecified atom stereocenters. The molecule has 23 heavy (non-hydrogen) atoms. The first-order valence-corrected chi connectivity index (χ1v) is 6.90. The summed E-state index contributed by atoms with van der Waals surface area (Å²) in [5.74, 6) is -1.19. The molecule has 0 spiro atoms. The van der Waals surface area contributed by atoms with Crippen LogP contribution in [-0.4, -0.2) is 36.0 Å². The lowest BCUT2D eigenvalue weighted by molar-refractivity contribution is -0.111. The van der Waals surface area contributed by atoms with E-state index in [1.807, 2.05) is 24.3 Å². The number of hydrogen-bond acceptors (Lipinski definition) is 4. The van der Waals surface area contributed by atoms with Crippen LogP contribution in [-0.2, 0) is 4.79 Å². The number of para-hydroxylation sites is 1. The van der Waals surface area contributed by atoms with Gasteiger partial charge in [-0.25, -0.2) is 4.79 Å². The zero-order valence-corrected chi connectivity index (χ0v) is 12.3. The first kappa shape index (κ1) is 14.6. The highest BCUT2D eigenvalue weighted by Gasteiger charge is 2.30. The molecule has 0 saturated heterocycles. The molecule has 0 bridgehead atoms. The van der Waals surface area contributed by atoms with Crippen molar-refractivity contribution in [3.8, 4) is 0 Å².